The first kappa shape index (κ1) is 21.5. The Morgan fingerprint density at radius 3 is 2.22 bits per heavy atom. The zero-order chi connectivity index (χ0) is 22.7. The first-order valence-electron chi connectivity index (χ1n) is 9.99. The van der Waals surface area contributed by atoms with E-state index in [1.54, 1.807) is 41.3 Å². The third-order valence-electron chi connectivity index (χ3n) is 5.06. The average Bonchev–Trinajstić information content (AvgIpc) is 3.20. The van der Waals surface area contributed by atoms with Gasteiger partial charge in [-0.25, -0.2) is 4.39 Å². The molecule has 0 aliphatic carbocycles. The molecular weight excluding hydrogens is 433 g/mol. The predicted molar refractivity (Wildman–Crippen MR) is 122 cm³/mol. The Kier molecular flexibility index (Phi) is 6.18. The van der Waals surface area contributed by atoms with Gasteiger partial charge in [-0.1, -0.05) is 17.7 Å². The molecule has 2 N–H and O–H groups in total. The molecule has 0 radical (unpaired) electrons. The maximum Gasteiger partial charge on any atom is 0.255 e. The molecule has 0 aromatic heterocycles. The summed E-state index contributed by atoms with van der Waals surface area (Å²) in [6, 6.07) is 16.6. The van der Waals surface area contributed by atoms with E-state index in [0.717, 1.165) is 6.42 Å². The van der Waals surface area contributed by atoms with Gasteiger partial charge in [-0.2, -0.15) is 0 Å². The van der Waals surface area contributed by atoms with Gasteiger partial charge in [0.1, 0.15) is 5.82 Å². The molecule has 8 heteroatoms. The molecule has 1 saturated heterocycles. The van der Waals surface area contributed by atoms with Gasteiger partial charge in [0, 0.05) is 35.5 Å². The van der Waals surface area contributed by atoms with Gasteiger partial charge in [0.2, 0.25) is 5.91 Å². The van der Waals surface area contributed by atoms with E-state index < -0.39 is 11.7 Å². The lowest BCUT2D eigenvalue weighted by molar-refractivity contribution is -0.117. The van der Waals surface area contributed by atoms with E-state index in [4.69, 9.17) is 11.6 Å². The highest BCUT2D eigenvalue weighted by Crippen LogP contribution is 2.32. The number of nitrogens with zero attached hydrogens (tertiary/aromatic N) is 1. The Morgan fingerprint density at radius 1 is 0.875 bits per heavy atom. The number of carbonyl (C=O) groups excluding carboxylic acids is 3. The number of anilines is 3. The molecule has 3 amide bonds. The summed E-state index contributed by atoms with van der Waals surface area (Å²) in [7, 11) is 0. The second kappa shape index (κ2) is 9.20. The number of amides is 3. The molecule has 0 saturated carbocycles. The van der Waals surface area contributed by atoms with E-state index in [9.17, 15) is 18.8 Å². The monoisotopic (exact) mass is 451 g/mol. The molecular formula is C24H19ClFN3O3. The fraction of sp³-hybridized carbons (Fsp3) is 0.125. The summed E-state index contributed by atoms with van der Waals surface area (Å²) in [6.45, 7) is 0.626. The number of hydrogen-bond acceptors (Lipinski definition) is 3. The van der Waals surface area contributed by atoms with Gasteiger partial charge in [-0.15, -0.1) is 0 Å². The van der Waals surface area contributed by atoms with Crippen molar-refractivity contribution >= 4 is 46.4 Å². The number of benzene rings is 3. The van der Waals surface area contributed by atoms with E-state index >= 15 is 0 Å². The van der Waals surface area contributed by atoms with Crippen molar-refractivity contribution in [1.82, 2.24) is 0 Å². The molecule has 3 aromatic carbocycles. The van der Waals surface area contributed by atoms with Gasteiger partial charge < -0.3 is 15.5 Å². The Labute approximate surface area is 189 Å². The van der Waals surface area contributed by atoms with Gasteiger partial charge in [0.15, 0.2) is 0 Å². The molecule has 32 heavy (non-hydrogen) atoms. The second-order valence-corrected chi connectivity index (χ2v) is 7.72. The molecule has 1 aliphatic rings. The lowest BCUT2D eigenvalue weighted by Crippen LogP contribution is -2.24. The molecule has 1 fully saturated rings. The summed E-state index contributed by atoms with van der Waals surface area (Å²) in [5.41, 5.74) is 2.16. The average molecular weight is 452 g/mol. The Morgan fingerprint density at radius 2 is 1.56 bits per heavy atom. The minimum absolute atomic E-state index is 0.0307. The first-order valence-corrected chi connectivity index (χ1v) is 10.4. The van der Waals surface area contributed by atoms with Gasteiger partial charge >= 0.3 is 0 Å². The van der Waals surface area contributed by atoms with Crippen LogP contribution in [0.25, 0.3) is 0 Å². The number of nitrogens with one attached hydrogen (secondary N) is 2. The highest BCUT2D eigenvalue weighted by molar-refractivity contribution is 6.34. The Bertz CT molecular complexity index is 1200. The van der Waals surface area contributed by atoms with Crippen LogP contribution < -0.4 is 15.5 Å². The standard InChI is InChI=1S/C24H19ClFN3O3/c25-20-14-19(10-11-21(20)29-12-2-5-22(29)30)28-24(32)16-3-1-4-18(13-16)27-23(31)15-6-8-17(26)9-7-15/h1,3-4,6-11,13-14H,2,5,12H2,(H,27,31)(H,28,32). The molecule has 4 rings (SSSR count). The van der Waals surface area contributed by atoms with Crippen LogP contribution in [0.5, 0.6) is 0 Å². The van der Waals surface area contributed by atoms with Crippen LogP contribution >= 0.6 is 11.6 Å². The zero-order valence-electron chi connectivity index (χ0n) is 16.9. The summed E-state index contributed by atoms with van der Waals surface area (Å²) < 4.78 is 13.0. The summed E-state index contributed by atoms with van der Waals surface area (Å²) in [4.78, 5) is 38.6. The quantitative estimate of drug-likeness (QED) is 0.565. The minimum Gasteiger partial charge on any atom is -0.322 e. The van der Waals surface area contributed by atoms with Crippen LogP contribution in [0.1, 0.15) is 33.6 Å². The minimum atomic E-state index is -0.430. The maximum absolute atomic E-state index is 13.0. The molecule has 0 atom stereocenters. The normalized spacial score (nSPS) is 13.2. The number of carbonyl (C=O) groups is 3. The van der Waals surface area contributed by atoms with Gasteiger partial charge in [0.05, 0.1) is 10.7 Å². The van der Waals surface area contributed by atoms with E-state index in [1.165, 1.54) is 30.3 Å². The fourth-order valence-corrected chi connectivity index (χ4v) is 3.73. The van der Waals surface area contributed by atoms with E-state index in [2.05, 4.69) is 10.6 Å². The summed E-state index contributed by atoms with van der Waals surface area (Å²) in [5.74, 6) is -1.20. The number of rotatable bonds is 5. The van der Waals surface area contributed by atoms with Crippen molar-refractivity contribution in [2.75, 3.05) is 22.1 Å². The third kappa shape index (κ3) is 4.78. The largest absolute Gasteiger partial charge is 0.322 e. The second-order valence-electron chi connectivity index (χ2n) is 7.31. The topological polar surface area (TPSA) is 78.5 Å². The van der Waals surface area contributed by atoms with Crippen molar-refractivity contribution in [1.29, 1.82) is 0 Å². The summed E-state index contributed by atoms with van der Waals surface area (Å²) in [5, 5.41) is 5.83. The third-order valence-corrected chi connectivity index (χ3v) is 5.36. The van der Waals surface area contributed by atoms with E-state index in [-0.39, 0.29) is 11.8 Å². The molecule has 3 aromatic rings. The van der Waals surface area contributed by atoms with Gasteiger partial charge in [-0.3, -0.25) is 14.4 Å². The lowest BCUT2D eigenvalue weighted by Gasteiger charge is -2.18. The van der Waals surface area contributed by atoms with Crippen molar-refractivity contribution in [3.8, 4) is 0 Å². The fourth-order valence-electron chi connectivity index (χ4n) is 3.45. The lowest BCUT2D eigenvalue weighted by atomic mass is 10.1. The highest BCUT2D eigenvalue weighted by atomic mass is 35.5. The van der Waals surface area contributed by atoms with Crippen molar-refractivity contribution in [2.45, 2.75) is 12.8 Å². The Balaban J connectivity index is 1.44. The maximum atomic E-state index is 13.0. The molecule has 0 unspecified atom stereocenters. The van der Waals surface area contributed by atoms with Crippen molar-refractivity contribution < 1.29 is 18.8 Å². The highest BCUT2D eigenvalue weighted by Gasteiger charge is 2.23. The Hall–Kier alpha value is -3.71. The molecule has 1 aliphatic heterocycles. The number of hydrogen-bond donors (Lipinski definition) is 2. The van der Waals surface area contributed by atoms with Crippen LogP contribution in [-0.4, -0.2) is 24.3 Å². The van der Waals surface area contributed by atoms with Gasteiger partial charge in [0.25, 0.3) is 11.8 Å². The van der Waals surface area contributed by atoms with Crippen molar-refractivity contribution in [3.63, 3.8) is 0 Å². The zero-order valence-corrected chi connectivity index (χ0v) is 17.7. The van der Waals surface area contributed by atoms with Crippen LogP contribution in [0.3, 0.4) is 0 Å². The predicted octanol–water partition coefficient (Wildman–Crippen LogP) is 5.11. The molecule has 0 spiro atoms. The van der Waals surface area contributed by atoms with Gasteiger partial charge in [-0.05, 0) is 67.1 Å². The van der Waals surface area contributed by atoms with Crippen LogP contribution in [-0.2, 0) is 4.79 Å². The SMILES string of the molecule is O=C(Nc1cccc(C(=O)Nc2ccc(N3CCCC3=O)c(Cl)c2)c1)c1ccc(F)cc1. The molecule has 162 valence electrons. The molecule has 1 heterocycles. The van der Waals surface area contributed by atoms with Crippen LogP contribution in [0.2, 0.25) is 5.02 Å². The summed E-state index contributed by atoms with van der Waals surface area (Å²) in [6.07, 6.45) is 1.30. The van der Waals surface area contributed by atoms with Crippen LogP contribution in [0.15, 0.2) is 66.7 Å². The van der Waals surface area contributed by atoms with Crippen LogP contribution in [0, 0.1) is 5.82 Å². The van der Waals surface area contributed by atoms with Crippen molar-refractivity contribution in [2.24, 2.45) is 0 Å². The smallest absolute Gasteiger partial charge is 0.255 e. The van der Waals surface area contributed by atoms with Crippen molar-refractivity contribution in [3.05, 3.63) is 88.7 Å². The molecule has 0 bridgehead atoms. The summed E-state index contributed by atoms with van der Waals surface area (Å²) >= 11 is 6.34. The van der Waals surface area contributed by atoms with E-state index in [1.807, 2.05) is 0 Å². The molecule has 6 nitrogen and oxygen atoms in total. The number of halogens is 2. The van der Waals surface area contributed by atoms with E-state index in [0.29, 0.717) is 46.2 Å². The first-order chi connectivity index (χ1) is 15.4. The van der Waals surface area contributed by atoms with Crippen LogP contribution in [0.4, 0.5) is 21.5 Å².